The van der Waals surface area contributed by atoms with Crippen molar-refractivity contribution in [2.24, 2.45) is 0 Å². The minimum Gasteiger partial charge on any atom is -0.363 e. The van der Waals surface area contributed by atoms with Crippen molar-refractivity contribution in [2.75, 3.05) is 45.7 Å². The van der Waals surface area contributed by atoms with Gasteiger partial charge < -0.3 is 14.7 Å². The van der Waals surface area contributed by atoms with Crippen LogP contribution in [0.1, 0.15) is 17.3 Å². The Bertz CT molecular complexity index is 461. The maximum Gasteiger partial charge on any atom is 0.254 e. The second-order valence-corrected chi connectivity index (χ2v) is 5.41. The number of carbonyl (C=O) groups excluding carboxylic acids is 1. The van der Waals surface area contributed by atoms with Crippen molar-refractivity contribution >= 4 is 11.7 Å². The van der Waals surface area contributed by atoms with Gasteiger partial charge in [0.25, 0.3) is 5.91 Å². The highest BCUT2D eigenvalue weighted by Crippen LogP contribution is 2.16. The first-order valence-corrected chi connectivity index (χ1v) is 6.62. The van der Waals surface area contributed by atoms with Gasteiger partial charge in [0.1, 0.15) is 5.82 Å². The Hall–Kier alpha value is -1.62. The molecule has 0 bridgehead atoms. The number of hydrogen-bond donors (Lipinski definition) is 0. The van der Waals surface area contributed by atoms with E-state index in [1.54, 1.807) is 12.3 Å². The van der Waals surface area contributed by atoms with Gasteiger partial charge in [0.15, 0.2) is 0 Å². The lowest BCUT2D eigenvalue weighted by molar-refractivity contribution is 0.0533. The Morgan fingerprint density at radius 2 is 2.16 bits per heavy atom. The lowest BCUT2D eigenvalue weighted by Gasteiger charge is -2.38. The van der Waals surface area contributed by atoms with Crippen LogP contribution >= 0.6 is 0 Å². The molecule has 1 aliphatic rings. The smallest absolute Gasteiger partial charge is 0.254 e. The summed E-state index contributed by atoms with van der Waals surface area (Å²) < 4.78 is 0. The van der Waals surface area contributed by atoms with Gasteiger partial charge in [-0.15, -0.1) is 0 Å². The van der Waals surface area contributed by atoms with Crippen LogP contribution < -0.4 is 4.90 Å². The number of anilines is 1. The third-order valence-corrected chi connectivity index (χ3v) is 3.54. The summed E-state index contributed by atoms with van der Waals surface area (Å²) in [6.07, 6.45) is 1.70. The van der Waals surface area contributed by atoms with Crippen LogP contribution in [0.4, 0.5) is 5.82 Å². The Balaban J connectivity index is 2.17. The Morgan fingerprint density at radius 1 is 1.42 bits per heavy atom. The van der Waals surface area contributed by atoms with Gasteiger partial charge in [-0.25, -0.2) is 4.98 Å². The Labute approximate surface area is 114 Å². The molecule has 1 fully saturated rings. The van der Waals surface area contributed by atoms with E-state index in [0.29, 0.717) is 0 Å². The topological polar surface area (TPSA) is 39.7 Å². The van der Waals surface area contributed by atoms with Crippen LogP contribution in [0.2, 0.25) is 0 Å². The van der Waals surface area contributed by atoms with Crippen molar-refractivity contribution < 1.29 is 4.79 Å². The Morgan fingerprint density at radius 3 is 2.79 bits per heavy atom. The van der Waals surface area contributed by atoms with Gasteiger partial charge in [-0.1, -0.05) is 0 Å². The van der Waals surface area contributed by atoms with Crippen LogP contribution in [0.3, 0.4) is 0 Å². The van der Waals surface area contributed by atoms with Crippen LogP contribution in [0, 0.1) is 0 Å². The van der Waals surface area contributed by atoms with E-state index < -0.39 is 0 Å². The first-order chi connectivity index (χ1) is 8.99. The fourth-order valence-corrected chi connectivity index (χ4v) is 2.40. The molecule has 1 unspecified atom stereocenters. The zero-order chi connectivity index (χ0) is 14.0. The summed E-state index contributed by atoms with van der Waals surface area (Å²) >= 11 is 0. The van der Waals surface area contributed by atoms with Gasteiger partial charge in [0.2, 0.25) is 0 Å². The van der Waals surface area contributed by atoms with Crippen LogP contribution in [-0.4, -0.2) is 67.5 Å². The zero-order valence-electron chi connectivity index (χ0n) is 12.1. The molecule has 5 nitrogen and oxygen atoms in total. The number of rotatable bonds is 2. The minimum absolute atomic E-state index is 0.103. The van der Waals surface area contributed by atoms with Crippen LogP contribution in [0.15, 0.2) is 18.3 Å². The van der Waals surface area contributed by atoms with E-state index in [1.165, 1.54) is 0 Å². The van der Waals surface area contributed by atoms with Gasteiger partial charge >= 0.3 is 0 Å². The van der Waals surface area contributed by atoms with Gasteiger partial charge in [-0.2, -0.15) is 0 Å². The summed E-state index contributed by atoms with van der Waals surface area (Å²) in [6, 6.07) is 3.90. The van der Waals surface area contributed by atoms with Crippen LogP contribution in [0.25, 0.3) is 0 Å². The summed E-state index contributed by atoms with van der Waals surface area (Å²) in [5, 5.41) is 0. The molecular formula is C14H22N4O. The second kappa shape index (κ2) is 5.57. The van der Waals surface area contributed by atoms with E-state index in [1.807, 2.05) is 30.0 Å². The molecule has 2 heterocycles. The van der Waals surface area contributed by atoms with E-state index in [9.17, 15) is 4.79 Å². The predicted molar refractivity (Wildman–Crippen MR) is 76.6 cm³/mol. The fraction of sp³-hybridized carbons (Fsp3) is 0.571. The molecule has 1 aromatic heterocycles. The summed E-state index contributed by atoms with van der Waals surface area (Å²) in [5.74, 6) is 0.915. The number of piperazine rings is 1. The summed E-state index contributed by atoms with van der Waals surface area (Å²) in [4.78, 5) is 22.9. The molecule has 0 spiro atoms. The molecule has 1 atom stereocenters. The van der Waals surface area contributed by atoms with E-state index >= 15 is 0 Å². The standard InChI is InChI=1S/C14H22N4O/c1-11-10-17(4)7-8-18(11)14(19)12-5-6-15-13(9-12)16(2)3/h5-6,9,11H,7-8,10H2,1-4H3. The minimum atomic E-state index is 0.103. The van der Waals surface area contributed by atoms with Crippen molar-refractivity contribution in [1.82, 2.24) is 14.8 Å². The molecular weight excluding hydrogens is 240 g/mol. The van der Waals surface area contributed by atoms with E-state index in [2.05, 4.69) is 23.9 Å². The maximum atomic E-state index is 12.6. The SMILES string of the molecule is CC1CN(C)CCN1C(=O)c1ccnc(N(C)C)c1. The number of aromatic nitrogens is 1. The lowest BCUT2D eigenvalue weighted by atomic mass is 10.1. The molecule has 1 aliphatic heterocycles. The molecule has 2 rings (SSSR count). The fourth-order valence-electron chi connectivity index (χ4n) is 2.40. The summed E-state index contributed by atoms with van der Waals surface area (Å²) in [5.41, 5.74) is 0.718. The number of hydrogen-bond acceptors (Lipinski definition) is 4. The normalized spacial score (nSPS) is 20.4. The van der Waals surface area contributed by atoms with Crippen LogP contribution in [-0.2, 0) is 0 Å². The van der Waals surface area contributed by atoms with Crippen LogP contribution in [0.5, 0.6) is 0 Å². The van der Waals surface area contributed by atoms with Crippen molar-refractivity contribution in [2.45, 2.75) is 13.0 Å². The monoisotopic (exact) mass is 262 g/mol. The van der Waals surface area contributed by atoms with Gasteiger partial charge in [-0.05, 0) is 26.1 Å². The number of carbonyl (C=O) groups is 1. The van der Waals surface area contributed by atoms with Gasteiger partial charge in [0.05, 0.1) is 0 Å². The van der Waals surface area contributed by atoms with E-state index in [-0.39, 0.29) is 11.9 Å². The summed E-state index contributed by atoms with van der Waals surface area (Å²) in [7, 11) is 5.94. The molecule has 1 aromatic rings. The van der Waals surface area contributed by atoms with E-state index in [4.69, 9.17) is 0 Å². The van der Waals surface area contributed by atoms with E-state index in [0.717, 1.165) is 31.0 Å². The first kappa shape index (κ1) is 13.8. The molecule has 0 N–H and O–H groups in total. The third-order valence-electron chi connectivity index (χ3n) is 3.54. The van der Waals surface area contributed by atoms with Gasteiger partial charge in [-0.3, -0.25) is 4.79 Å². The van der Waals surface area contributed by atoms with Crippen molar-refractivity contribution in [3.8, 4) is 0 Å². The quantitative estimate of drug-likeness (QED) is 0.795. The molecule has 0 aromatic carbocycles. The zero-order valence-corrected chi connectivity index (χ0v) is 12.1. The molecule has 0 radical (unpaired) electrons. The second-order valence-electron chi connectivity index (χ2n) is 5.41. The largest absolute Gasteiger partial charge is 0.363 e. The Kier molecular flexibility index (Phi) is 4.04. The molecule has 1 saturated heterocycles. The molecule has 104 valence electrons. The van der Waals surface area contributed by atoms with Crippen molar-refractivity contribution in [1.29, 1.82) is 0 Å². The summed E-state index contributed by atoms with van der Waals surface area (Å²) in [6.45, 7) is 4.75. The highest BCUT2D eigenvalue weighted by Gasteiger charge is 2.26. The molecule has 0 saturated carbocycles. The number of amides is 1. The highest BCUT2D eigenvalue weighted by atomic mass is 16.2. The van der Waals surface area contributed by atoms with Crippen molar-refractivity contribution in [3.63, 3.8) is 0 Å². The maximum absolute atomic E-state index is 12.6. The average Bonchev–Trinajstić information content (AvgIpc) is 2.38. The highest BCUT2D eigenvalue weighted by molar-refractivity contribution is 5.95. The predicted octanol–water partition coefficient (Wildman–Crippen LogP) is 0.924. The molecule has 1 amide bonds. The molecule has 5 heteroatoms. The van der Waals surface area contributed by atoms with Crippen molar-refractivity contribution in [3.05, 3.63) is 23.9 Å². The number of nitrogens with zero attached hydrogens (tertiary/aromatic N) is 4. The third kappa shape index (κ3) is 3.04. The first-order valence-electron chi connectivity index (χ1n) is 6.62. The number of likely N-dealkylation sites (N-methyl/N-ethyl adjacent to an activating group) is 1. The molecule has 19 heavy (non-hydrogen) atoms. The lowest BCUT2D eigenvalue weighted by Crippen LogP contribution is -2.52. The molecule has 0 aliphatic carbocycles. The average molecular weight is 262 g/mol. The number of pyridine rings is 1. The van der Waals surface area contributed by atoms with Gasteiger partial charge in [0, 0.05) is 51.5 Å².